The maximum absolute atomic E-state index is 5.60. The predicted octanol–water partition coefficient (Wildman–Crippen LogP) is 3.17. The Kier molecular flexibility index (Phi) is 7.82. The van der Waals surface area contributed by atoms with E-state index in [4.69, 9.17) is 9.47 Å². The minimum Gasteiger partial charge on any atom is -0.385 e. The zero-order valence-electron chi connectivity index (χ0n) is 13.4. The van der Waals surface area contributed by atoms with Gasteiger partial charge in [-0.05, 0) is 51.3 Å². The van der Waals surface area contributed by atoms with Crippen molar-refractivity contribution in [2.45, 2.75) is 45.8 Å². The van der Waals surface area contributed by atoms with Crippen LogP contribution in [0.2, 0.25) is 0 Å². The summed E-state index contributed by atoms with van der Waals surface area (Å²) in [6, 6.07) is 8.70. The zero-order chi connectivity index (χ0) is 14.8. The van der Waals surface area contributed by atoms with Gasteiger partial charge in [-0.25, -0.2) is 0 Å². The highest BCUT2D eigenvalue weighted by molar-refractivity contribution is 5.22. The molecular weight excluding hydrogens is 250 g/mol. The molecule has 0 saturated heterocycles. The highest BCUT2D eigenvalue weighted by Gasteiger charge is 2.07. The van der Waals surface area contributed by atoms with Gasteiger partial charge in [0.15, 0.2) is 0 Å². The number of rotatable bonds is 9. The van der Waals surface area contributed by atoms with E-state index in [-0.39, 0.29) is 5.54 Å². The first-order valence-corrected chi connectivity index (χ1v) is 7.41. The van der Waals surface area contributed by atoms with Gasteiger partial charge in [-0.3, -0.25) is 0 Å². The number of hydrogen-bond donors (Lipinski definition) is 1. The van der Waals surface area contributed by atoms with Crippen molar-refractivity contribution in [1.29, 1.82) is 0 Å². The van der Waals surface area contributed by atoms with Crippen molar-refractivity contribution in [2.24, 2.45) is 0 Å². The standard InChI is InChI=1S/C17H29NO2/c1-17(2,3)18-11-10-15-6-8-16(9-7-15)14-20-13-5-12-19-4/h6-9,18H,5,10-14H2,1-4H3. The van der Waals surface area contributed by atoms with E-state index in [0.717, 1.165) is 32.6 Å². The lowest BCUT2D eigenvalue weighted by atomic mass is 10.1. The minimum absolute atomic E-state index is 0.190. The third kappa shape index (κ3) is 8.31. The Balaban J connectivity index is 2.22. The maximum atomic E-state index is 5.60. The average molecular weight is 279 g/mol. The van der Waals surface area contributed by atoms with Crippen molar-refractivity contribution < 1.29 is 9.47 Å². The molecule has 0 fully saturated rings. The van der Waals surface area contributed by atoms with Gasteiger partial charge >= 0.3 is 0 Å². The van der Waals surface area contributed by atoms with Crippen LogP contribution < -0.4 is 5.32 Å². The van der Waals surface area contributed by atoms with Gasteiger partial charge in [0.25, 0.3) is 0 Å². The van der Waals surface area contributed by atoms with Gasteiger partial charge in [0.1, 0.15) is 0 Å². The lowest BCUT2D eigenvalue weighted by molar-refractivity contribution is 0.0928. The molecule has 0 radical (unpaired) electrons. The first kappa shape index (κ1) is 17.2. The molecule has 1 N–H and O–H groups in total. The fourth-order valence-electron chi connectivity index (χ4n) is 1.88. The first-order valence-electron chi connectivity index (χ1n) is 7.41. The van der Waals surface area contributed by atoms with Crippen LogP contribution in [0.1, 0.15) is 38.3 Å². The molecule has 0 unspecified atom stereocenters. The van der Waals surface area contributed by atoms with Crippen LogP contribution >= 0.6 is 0 Å². The minimum atomic E-state index is 0.190. The van der Waals surface area contributed by atoms with E-state index in [1.165, 1.54) is 11.1 Å². The van der Waals surface area contributed by atoms with Gasteiger partial charge in [0.2, 0.25) is 0 Å². The summed E-state index contributed by atoms with van der Waals surface area (Å²) >= 11 is 0. The number of hydrogen-bond acceptors (Lipinski definition) is 3. The molecule has 0 aliphatic heterocycles. The smallest absolute Gasteiger partial charge is 0.0716 e. The summed E-state index contributed by atoms with van der Waals surface area (Å²) in [6.45, 7) is 9.79. The summed E-state index contributed by atoms with van der Waals surface area (Å²) in [5.41, 5.74) is 2.79. The third-order valence-corrected chi connectivity index (χ3v) is 3.00. The van der Waals surface area contributed by atoms with Gasteiger partial charge < -0.3 is 14.8 Å². The van der Waals surface area contributed by atoms with E-state index in [1.807, 2.05) is 0 Å². The summed E-state index contributed by atoms with van der Waals surface area (Å²) < 4.78 is 10.6. The monoisotopic (exact) mass is 279 g/mol. The molecule has 20 heavy (non-hydrogen) atoms. The number of ether oxygens (including phenoxy) is 2. The zero-order valence-corrected chi connectivity index (χ0v) is 13.4. The third-order valence-electron chi connectivity index (χ3n) is 3.00. The van der Waals surface area contributed by atoms with Crippen molar-refractivity contribution in [2.75, 3.05) is 26.9 Å². The highest BCUT2D eigenvalue weighted by Crippen LogP contribution is 2.07. The summed E-state index contributed by atoms with van der Waals surface area (Å²) in [4.78, 5) is 0. The van der Waals surface area contributed by atoms with Crippen LogP contribution in [0, 0.1) is 0 Å². The molecule has 0 heterocycles. The van der Waals surface area contributed by atoms with Gasteiger partial charge in [0, 0.05) is 25.9 Å². The number of benzene rings is 1. The Hall–Kier alpha value is -0.900. The molecule has 1 aromatic rings. The van der Waals surface area contributed by atoms with Crippen LogP contribution in [-0.4, -0.2) is 32.4 Å². The maximum Gasteiger partial charge on any atom is 0.0716 e. The number of methoxy groups -OCH3 is 1. The summed E-state index contributed by atoms with van der Waals surface area (Å²) in [6.07, 6.45) is 2.01. The fourth-order valence-corrected chi connectivity index (χ4v) is 1.88. The van der Waals surface area contributed by atoms with Crippen LogP contribution in [0.15, 0.2) is 24.3 Å². The molecule has 0 atom stereocenters. The Labute approximate surface area is 123 Å². The summed E-state index contributed by atoms with van der Waals surface area (Å²) in [7, 11) is 1.72. The summed E-state index contributed by atoms with van der Waals surface area (Å²) in [5.74, 6) is 0. The Morgan fingerprint density at radius 1 is 1.00 bits per heavy atom. The van der Waals surface area contributed by atoms with Crippen LogP contribution in [0.5, 0.6) is 0 Å². The molecule has 0 spiro atoms. The van der Waals surface area contributed by atoms with E-state index in [2.05, 4.69) is 50.4 Å². The molecule has 0 aliphatic carbocycles. The van der Waals surface area contributed by atoms with Crippen molar-refractivity contribution in [1.82, 2.24) is 5.32 Å². The van der Waals surface area contributed by atoms with Crippen LogP contribution in [-0.2, 0) is 22.5 Å². The van der Waals surface area contributed by atoms with E-state index in [9.17, 15) is 0 Å². The Morgan fingerprint density at radius 3 is 2.25 bits per heavy atom. The molecule has 0 saturated carbocycles. The topological polar surface area (TPSA) is 30.5 Å². The van der Waals surface area contributed by atoms with Crippen molar-refractivity contribution >= 4 is 0 Å². The van der Waals surface area contributed by atoms with E-state index < -0.39 is 0 Å². The van der Waals surface area contributed by atoms with Gasteiger partial charge in [0.05, 0.1) is 6.61 Å². The molecule has 0 bridgehead atoms. The van der Waals surface area contributed by atoms with Gasteiger partial charge in [-0.1, -0.05) is 24.3 Å². The molecule has 0 amide bonds. The second-order valence-electron chi connectivity index (χ2n) is 6.14. The normalized spacial score (nSPS) is 11.8. The van der Waals surface area contributed by atoms with Gasteiger partial charge in [-0.15, -0.1) is 0 Å². The highest BCUT2D eigenvalue weighted by atomic mass is 16.5. The Morgan fingerprint density at radius 2 is 1.65 bits per heavy atom. The second-order valence-corrected chi connectivity index (χ2v) is 6.14. The molecule has 3 nitrogen and oxygen atoms in total. The second kappa shape index (κ2) is 9.11. The average Bonchev–Trinajstić information content (AvgIpc) is 2.39. The molecule has 1 rings (SSSR count). The SMILES string of the molecule is COCCCOCc1ccc(CCNC(C)(C)C)cc1. The number of nitrogens with one attached hydrogen (secondary N) is 1. The van der Waals surface area contributed by atoms with E-state index in [1.54, 1.807) is 7.11 Å². The Bertz CT molecular complexity index is 354. The molecule has 0 aromatic heterocycles. The van der Waals surface area contributed by atoms with Crippen LogP contribution in [0.4, 0.5) is 0 Å². The molecule has 1 aromatic carbocycles. The van der Waals surface area contributed by atoms with Crippen LogP contribution in [0.25, 0.3) is 0 Å². The largest absolute Gasteiger partial charge is 0.385 e. The summed E-state index contributed by atoms with van der Waals surface area (Å²) in [5, 5.41) is 3.50. The fraction of sp³-hybridized carbons (Fsp3) is 0.647. The van der Waals surface area contributed by atoms with Crippen molar-refractivity contribution in [3.8, 4) is 0 Å². The van der Waals surface area contributed by atoms with Gasteiger partial charge in [-0.2, -0.15) is 0 Å². The van der Waals surface area contributed by atoms with Crippen LogP contribution in [0.3, 0.4) is 0 Å². The van der Waals surface area contributed by atoms with Crippen molar-refractivity contribution in [3.05, 3.63) is 35.4 Å². The molecule has 3 heteroatoms. The molecule has 0 aliphatic rings. The molecular formula is C17H29NO2. The van der Waals surface area contributed by atoms with Crippen molar-refractivity contribution in [3.63, 3.8) is 0 Å². The molecule has 114 valence electrons. The lowest BCUT2D eigenvalue weighted by Gasteiger charge is -2.20. The first-order chi connectivity index (χ1) is 9.51. The predicted molar refractivity (Wildman–Crippen MR) is 84.1 cm³/mol. The van der Waals surface area contributed by atoms with E-state index >= 15 is 0 Å². The quantitative estimate of drug-likeness (QED) is 0.704. The lowest BCUT2D eigenvalue weighted by Crippen LogP contribution is -2.37. The van der Waals surface area contributed by atoms with E-state index in [0.29, 0.717) is 6.61 Å².